The maximum Gasteiger partial charge on any atom is 0.326 e. The van der Waals surface area contributed by atoms with Crippen molar-refractivity contribution in [2.24, 2.45) is 5.92 Å². The van der Waals surface area contributed by atoms with Crippen molar-refractivity contribution in [1.29, 1.82) is 0 Å². The van der Waals surface area contributed by atoms with Crippen molar-refractivity contribution in [3.05, 3.63) is 0 Å². The van der Waals surface area contributed by atoms with Gasteiger partial charge in [0.15, 0.2) is 0 Å². The molecule has 0 radical (unpaired) electrons. The monoisotopic (exact) mass is 270 g/mol. The first-order valence-electron chi connectivity index (χ1n) is 7.03. The molecular formula is C13H22N2O4. The summed E-state index contributed by atoms with van der Waals surface area (Å²) in [6.07, 6.45) is 4.27. The Hall–Kier alpha value is -1.30. The molecule has 6 nitrogen and oxygen atoms in total. The lowest BCUT2D eigenvalue weighted by molar-refractivity contribution is -0.143. The van der Waals surface area contributed by atoms with Crippen molar-refractivity contribution in [3.8, 4) is 0 Å². The summed E-state index contributed by atoms with van der Waals surface area (Å²) >= 11 is 0. The smallest absolute Gasteiger partial charge is 0.326 e. The molecule has 2 heterocycles. The molecule has 0 aromatic heterocycles. The quantitative estimate of drug-likeness (QED) is 0.800. The second kappa shape index (κ2) is 6.75. The van der Waals surface area contributed by atoms with Crippen LogP contribution in [0.25, 0.3) is 0 Å². The number of rotatable bonds is 4. The summed E-state index contributed by atoms with van der Waals surface area (Å²) in [6.45, 7) is 2.72. The molecule has 2 unspecified atom stereocenters. The Morgan fingerprint density at radius 2 is 2.16 bits per heavy atom. The molecule has 2 saturated heterocycles. The van der Waals surface area contributed by atoms with E-state index in [0.717, 1.165) is 38.9 Å². The van der Waals surface area contributed by atoms with Crippen LogP contribution in [0.5, 0.6) is 0 Å². The van der Waals surface area contributed by atoms with E-state index >= 15 is 0 Å². The Balaban J connectivity index is 1.75. The molecule has 108 valence electrons. The number of carbonyl (C=O) groups is 2. The zero-order valence-electron chi connectivity index (χ0n) is 11.1. The standard InChI is InChI=1S/C13H22N2O4/c16-12(17)11-3-1-2-7-15(11)13(18)14-6-4-10-5-8-19-9-10/h10-11H,1-9H2,(H,14,18)(H,16,17). The summed E-state index contributed by atoms with van der Waals surface area (Å²) in [5.41, 5.74) is 0. The van der Waals surface area contributed by atoms with E-state index < -0.39 is 12.0 Å². The molecule has 0 aromatic carbocycles. The van der Waals surface area contributed by atoms with Gasteiger partial charge < -0.3 is 20.1 Å². The number of nitrogens with zero attached hydrogens (tertiary/aromatic N) is 1. The molecule has 6 heteroatoms. The molecular weight excluding hydrogens is 248 g/mol. The Labute approximate surface area is 113 Å². The fourth-order valence-electron chi connectivity index (χ4n) is 2.73. The molecule has 0 saturated carbocycles. The first kappa shape index (κ1) is 14.1. The van der Waals surface area contributed by atoms with Gasteiger partial charge in [0.25, 0.3) is 0 Å². The third-order valence-corrected chi connectivity index (χ3v) is 3.90. The summed E-state index contributed by atoms with van der Waals surface area (Å²) in [4.78, 5) is 24.6. The zero-order chi connectivity index (χ0) is 13.7. The second-order valence-electron chi connectivity index (χ2n) is 5.29. The summed E-state index contributed by atoms with van der Waals surface area (Å²) in [5.74, 6) is -0.379. The molecule has 2 fully saturated rings. The highest BCUT2D eigenvalue weighted by Crippen LogP contribution is 2.18. The zero-order valence-corrected chi connectivity index (χ0v) is 11.1. The Kier molecular flexibility index (Phi) is 5.01. The number of nitrogens with one attached hydrogen (secondary N) is 1. The molecule has 0 aromatic rings. The van der Waals surface area contributed by atoms with Gasteiger partial charge in [0, 0.05) is 26.3 Å². The SMILES string of the molecule is O=C(O)C1CCCCN1C(=O)NCCC1CCOC1. The largest absolute Gasteiger partial charge is 0.480 e. The van der Waals surface area contributed by atoms with E-state index in [0.29, 0.717) is 25.4 Å². The summed E-state index contributed by atoms with van der Waals surface area (Å²) in [5, 5.41) is 11.9. The van der Waals surface area contributed by atoms with Gasteiger partial charge in [-0.25, -0.2) is 9.59 Å². The van der Waals surface area contributed by atoms with E-state index in [2.05, 4.69) is 5.32 Å². The van der Waals surface area contributed by atoms with Crippen LogP contribution < -0.4 is 5.32 Å². The number of amides is 2. The van der Waals surface area contributed by atoms with E-state index in [1.54, 1.807) is 0 Å². The van der Waals surface area contributed by atoms with Crippen molar-refractivity contribution in [2.75, 3.05) is 26.3 Å². The van der Waals surface area contributed by atoms with Gasteiger partial charge >= 0.3 is 12.0 Å². The van der Waals surface area contributed by atoms with Gasteiger partial charge in [-0.3, -0.25) is 0 Å². The number of carboxylic acids is 1. The third-order valence-electron chi connectivity index (χ3n) is 3.90. The molecule has 19 heavy (non-hydrogen) atoms. The van der Waals surface area contributed by atoms with Crippen molar-refractivity contribution < 1.29 is 19.4 Å². The van der Waals surface area contributed by atoms with Crippen LogP contribution in [0.2, 0.25) is 0 Å². The molecule has 2 atom stereocenters. The molecule has 0 spiro atoms. The van der Waals surface area contributed by atoms with E-state index in [1.807, 2.05) is 0 Å². The number of hydrogen-bond acceptors (Lipinski definition) is 3. The molecule has 2 aliphatic heterocycles. The highest BCUT2D eigenvalue weighted by atomic mass is 16.5. The van der Waals surface area contributed by atoms with Crippen LogP contribution in [0.3, 0.4) is 0 Å². The molecule has 2 rings (SSSR count). The maximum absolute atomic E-state index is 12.0. The highest BCUT2D eigenvalue weighted by Gasteiger charge is 2.31. The fraction of sp³-hybridized carbons (Fsp3) is 0.846. The maximum atomic E-state index is 12.0. The number of hydrogen-bond donors (Lipinski definition) is 2. The average Bonchev–Trinajstić information content (AvgIpc) is 2.91. The minimum Gasteiger partial charge on any atom is -0.480 e. The molecule has 2 amide bonds. The highest BCUT2D eigenvalue weighted by molar-refractivity contribution is 5.82. The van der Waals surface area contributed by atoms with E-state index in [-0.39, 0.29) is 6.03 Å². The van der Waals surface area contributed by atoms with Crippen LogP contribution in [0.1, 0.15) is 32.1 Å². The van der Waals surface area contributed by atoms with Crippen LogP contribution in [0.15, 0.2) is 0 Å². The number of carbonyl (C=O) groups excluding carboxylic acids is 1. The predicted molar refractivity (Wildman–Crippen MR) is 68.9 cm³/mol. The first-order valence-corrected chi connectivity index (χ1v) is 7.03. The van der Waals surface area contributed by atoms with Gasteiger partial charge in [-0.05, 0) is 38.0 Å². The van der Waals surface area contributed by atoms with E-state index in [9.17, 15) is 9.59 Å². The fourth-order valence-corrected chi connectivity index (χ4v) is 2.73. The van der Waals surface area contributed by atoms with Gasteiger partial charge in [0.2, 0.25) is 0 Å². The number of urea groups is 1. The summed E-state index contributed by atoms with van der Waals surface area (Å²) < 4.78 is 5.28. The predicted octanol–water partition coefficient (Wildman–Crippen LogP) is 1.06. The van der Waals surface area contributed by atoms with Gasteiger partial charge in [-0.1, -0.05) is 0 Å². The number of likely N-dealkylation sites (tertiary alicyclic amines) is 1. The first-order chi connectivity index (χ1) is 9.18. The minimum atomic E-state index is -0.904. The second-order valence-corrected chi connectivity index (χ2v) is 5.29. The van der Waals surface area contributed by atoms with Gasteiger partial charge in [0.05, 0.1) is 0 Å². The van der Waals surface area contributed by atoms with E-state index in [4.69, 9.17) is 9.84 Å². The number of carboxylic acid groups (broad SMARTS) is 1. The lowest BCUT2D eigenvalue weighted by atomic mass is 10.0. The van der Waals surface area contributed by atoms with Crippen LogP contribution in [-0.4, -0.2) is 54.4 Å². The van der Waals surface area contributed by atoms with Gasteiger partial charge in [-0.2, -0.15) is 0 Å². The van der Waals surface area contributed by atoms with Crippen molar-refractivity contribution in [3.63, 3.8) is 0 Å². The average molecular weight is 270 g/mol. The molecule has 0 aliphatic carbocycles. The number of ether oxygens (including phenoxy) is 1. The molecule has 0 bridgehead atoms. The van der Waals surface area contributed by atoms with Crippen LogP contribution in [0.4, 0.5) is 4.79 Å². The molecule has 2 aliphatic rings. The lowest BCUT2D eigenvalue weighted by Gasteiger charge is -2.33. The summed E-state index contributed by atoms with van der Waals surface area (Å²) in [7, 11) is 0. The minimum absolute atomic E-state index is 0.244. The van der Waals surface area contributed by atoms with Crippen molar-refractivity contribution >= 4 is 12.0 Å². The lowest BCUT2D eigenvalue weighted by Crippen LogP contribution is -2.52. The van der Waals surface area contributed by atoms with Crippen LogP contribution >= 0.6 is 0 Å². The van der Waals surface area contributed by atoms with Crippen molar-refractivity contribution in [1.82, 2.24) is 10.2 Å². The third kappa shape index (κ3) is 3.83. The van der Waals surface area contributed by atoms with E-state index in [1.165, 1.54) is 4.90 Å². The Bertz CT molecular complexity index is 329. The van der Waals surface area contributed by atoms with Gasteiger partial charge in [0.1, 0.15) is 6.04 Å². The topological polar surface area (TPSA) is 78.9 Å². The Morgan fingerprint density at radius 1 is 1.32 bits per heavy atom. The molecule has 2 N–H and O–H groups in total. The van der Waals surface area contributed by atoms with Gasteiger partial charge in [-0.15, -0.1) is 0 Å². The van der Waals surface area contributed by atoms with Crippen LogP contribution in [0, 0.1) is 5.92 Å². The normalized spacial score (nSPS) is 27.3. The van der Waals surface area contributed by atoms with Crippen molar-refractivity contribution in [2.45, 2.75) is 38.1 Å². The summed E-state index contributed by atoms with van der Waals surface area (Å²) in [6, 6.07) is -0.908. The number of aliphatic carboxylic acids is 1. The Morgan fingerprint density at radius 3 is 2.84 bits per heavy atom. The number of piperidine rings is 1. The van der Waals surface area contributed by atoms with Crippen LogP contribution in [-0.2, 0) is 9.53 Å².